The summed E-state index contributed by atoms with van der Waals surface area (Å²) in [5, 5.41) is 3.83. The quantitative estimate of drug-likeness (QED) is 0.814. The zero-order chi connectivity index (χ0) is 15.3. The molecule has 0 radical (unpaired) electrons. The number of pyridine rings is 1. The van der Waals surface area contributed by atoms with Crippen molar-refractivity contribution in [2.24, 2.45) is 0 Å². The summed E-state index contributed by atoms with van der Waals surface area (Å²) in [6.07, 6.45) is 4.10. The van der Waals surface area contributed by atoms with Gasteiger partial charge in [-0.05, 0) is 25.5 Å². The van der Waals surface area contributed by atoms with Gasteiger partial charge in [0.15, 0.2) is 5.03 Å². The Morgan fingerprint density at radius 3 is 2.81 bits per heavy atom. The van der Waals surface area contributed by atoms with Crippen molar-refractivity contribution in [1.82, 2.24) is 14.7 Å². The van der Waals surface area contributed by atoms with Gasteiger partial charge in [-0.3, -0.25) is 0 Å². The molecule has 0 aliphatic carbocycles. The number of hydrogen-bond acceptors (Lipinski definition) is 6. The second-order valence-corrected chi connectivity index (χ2v) is 7.47. The van der Waals surface area contributed by atoms with Crippen molar-refractivity contribution in [3.63, 3.8) is 0 Å². The second-order valence-electron chi connectivity index (χ2n) is 4.47. The van der Waals surface area contributed by atoms with Crippen LogP contribution in [0.3, 0.4) is 0 Å². The van der Waals surface area contributed by atoms with Gasteiger partial charge in [-0.1, -0.05) is 6.92 Å². The van der Waals surface area contributed by atoms with Crippen LogP contribution in [0.2, 0.25) is 0 Å². The summed E-state index contributed by atoms with van der Waals surface area (Å²) in [6.45, 7) is 4.81. The topological polar surface area (TPSA) is 84.0 Å². The molecular formula is C13H18N4O2S2. The Balaban J connectivity index is 2.15. The number of nitrogens with one attached hydrogen (secondary N) is 2. The Labute approximate surface area is 128 Å². The minimum atomic E-state index is -3.67. The molecule has 0 saturated heterocycles. The Morgan fingerprint density at radius 2 is 2.14 bits per heavy atom. The summed E-state index contributed by atoms with van der Waals surface area (Å²) < 4.78 is 27.3. The number of sulfonamides is 1. The largest absolute Gasteiger partial charge is 0.383 e. The summed E-state index contributed by atoms with van der Waals surface area (Å²) in [6, 6.07) is 3.42. The lowest BCUT2D eigenvalue weighted by Gasteiger charge is -2.11. The predicted molar refractivity (Wildman–Crippen MR) is 83.9 cm³/mol. The van der Waals surface area contributed by atoms with Crippen LogP contribution in [0.5, 0.6) is 0 Å². The van der Waals surface area contributed by atoms with E-state index in [-0.39, 0.29) is 11.6 Å². The molecule has 0 atom stereocenters. The van der Waals surface area contributed by atoms with Crippen LogP contribution < -0.4 is 10.0 Å². The van der Waals surface area contributed by atoms with Crippen LogP contribution >= 0.6 is 11.3 Å². The van der Waals surface area contributed by atoms with Gasteiger partial charge in [0.2, 0.25) is 0 Å². The van der Waals surface area contributed by atoms with Crippen molar-refractivity contribution in [3.05, 3.63) is 34.4 Å². The fraction of sp³-hybridized carbons (Fsp3) is 0.385. The third-order valence-electron chi connectivity index (χ3n) is 2.67. The van der Waals surface area contributed by atoms with E-state index in [4.69, 9.17) is 0 Å². The standard InChI is InChI=1S/C13H18N4O2S2/c1-3-6-14-11-5-4-7-15-13(11)21(18,19)17-9-12-16-8-10(2)20-12/h4-5,7-8,14,17H,3,6,9H2,1-2H3. The van der Waals surface area contributed by atoms with Crippen molar-refractivity contribution in [2.45, 2.75) is 31.8 Å². The van der Waals surface area contributed by atoms with Crippen molar-refractivity contribution >= 4 is 27.0 Å². The van der Waals surface area contributed by atoms with E-state index in [0.29, 0.717) is 12.2 Å². The highest BCUT2D eigenvalue weighted by Crippen LogP contribution is 2.18. The zero-order valence-electron chi connectivity index (χ0n) is 12.0. The average molecular weight is 326 g/mol. The summed E-state index contributed by atoms with van der Waals surface area (Å²) in [5.74, 6) is 0. The van der Waals surface area contributed by atoms with E-state index >= 15 is 0 Å². The molecule has 6 nitrogen and oxygen atoms in total. The highest BCUT2D eigenvalue weighted by atomic mass is 32.2. The van der Waals surface area contributed by atoms with E-state index in [2.05, 4.69) is 20.0 Å². The summed E-state index contributed by atoms with van der Waals surface area (Å²) >= 11 is 1.47. The number of aryl methyl sites for hydroxylation is 1. The molecule has 2 aromatic heterocycles. The molecule has 114 valence electrons. The molecule has 2 rings (SSSR count). The van der Waals surface area contributed by atoms with Gasteiger partial charge in [0.1, 0.15) is 5.01 Å². The summed E-state index contributed by atoms with van der Waals surface area (Å²) in [4.78, 5) is 9.18. The smallest absolute Gasteiger partial charge is 0.260 e. The van der Waals surface area contributed by atoms with Crippen LogP contribution in [0, 0.1) is 6.92 Å². The van der Waals surface area contributed by atoms with E-state index in [1.165, 1.54) is 17.5 Å². The lowest BCUT2D eigenvalue weighted by molar-refractivity contribution is 0.577. The Kier molecular flexibility index (Phi) is 5.27. The number of aromatic nitrogens is 2. The van der Waals surface area contributed by atoms with Crippen molar-refractivity contribution < 1.29 is 8.42 Å². The molecule has 8 heteroatoms. The number of hydrogen-bond donors (Lipinski definition) is 2. The molecular weight excluding hydrogens is 308 g/mol. The summed E-state index contributed by atoms with van der Waals surface area (Å²) in [5.41, 5.74) is 0.516. The molecule has 2 N–H and O–H groups in total. The Hall–Kier alpha value is -1.51. The maximum Gasteiger partial charge on any atom is 0.260 e. The van der Waals surface area contributed by atoms with Gasteiger partial charge in [-0.15, -0.1) is 11.3 Å². The fourth-order valence-corrected chi connectivity index (χ4v) is 3.62. The van der Waals surface area contributed by atoms with Gasteiger partial charge in [0, 0.05) is 23.8 Å². The van der Waals surface area contributed by atoms with E-state index in [1.807, 2.05) is 13.8 Å². The van der Waals surface area contributed by atoms with Gasteiger partial charge in [0.05, 0.1) is 12.2 Å². The van der Waals surface area contributed by atoms with E-state index in [9.17, 15) is 8.42 Å². The average Bonchev–Trinajstić information content (AvgIpc) is 2.89. The van der Waals surface area contributed by atoms with Gasteiger partial charge in [-0.25, -0.2) is 23.1 Å². The van der Waals surface area contributed by atoms with Gasteiger partial charge < -0.3 is 5.32 Å². The zero-order valence-corrected chi connectivity index (χ0v) is 13.6. The van der Waals surface area contributed by atoms with Crippen LogP contribution in [0.1, 0.15) is 23.2 Å². The van der Waals surface area contributed by atoms with Gasteiger partial charge >= 0.3 is 0 Å². The first kappa shape index (κ1) is 15.9. The number of rotatable bonds is 7. The molecule has 0 bridgehead atoms. The lowest BCUT2D eigenvalue weighted by Crippen LogP contribution is -2.25. The Morgan fingerprint density at radius 1 is 1.33 bits per heavy atom. The summed E-state index contributed by atoms with van der Waals surface area (Å²) in [7, 11) is -3.67. The SMILES string of the molecule is CCCNc1cccnc1S(=O)(=O)NCc1ncc(C)s1. The normalized spacial score (nSPS) is 11.5. The van der Waals surface area contributed by atoms with Crippen molar-refractivity contribution in [2.75, 3.05) is 11.9 Å². The molecule has 0 saturated carbocycles. The Bertz CT molecular complexity index is 698. The number of thiazole rings is 1. The monoisotopic (exact) mass is 326 g/mol. The van der Waals surface area contributed by atoms with Crippen molar-refractivity contribution in [3.8, 4) is 0 Å². The first-order chi connectivity index (χ1) is 10.0. The van der Waals surface area contributed by atoms with Gasteiger partial charge in [0.25, 0.3) is 10.0 Å². The van der Waals surface area contributed by atoms with Crippen LogP contribution in [0.25, 0.3) is 0 Å². The fourth-order valence-electron chi connectivity index (χ4n) is 1.71. The number of nitrogens with zero attached hydrogens (tertiary/aromatic N) is 2. The minimum Gasteiger partial charge on any atom is -0.383 e. The third-order valence-corrected chi connectivity index (χ3v) is 4.95. The molecule has 0 aliphatic rings. The van der Waals surface area contributed by atoms with Crippen LogP contribution in [0.4, 0.5) is 5.69 Å². The van der Waals surface area contributed by atoms with Gasteiger partial charge in [-0.2, -0.15) is 0 Å². The predicted octanol–water partition coefficient (Wildman–Crippen LogP) is 2.15. The molecule has 0 fully saturated rings. The maximum atomic E-state index is 12.4. The van der Waals surface area contributed by atoms with E-state index in [1.54, 1.807) is 18.3 Å². The highest BCUT2D eigenvalue weighted by molar-refractivity contribution is 7.89. The van der Waals surface area contributed by atoms with Crippen LogP contribution in [-0.2, 0) is 16.6 Å². The van der Waals surface area contributed by atoms with E-state index < -0.39 is 10.0 Å². The van der Waals surface area contributed by atoms with E-state index in [0.717, 1.165) is 16.3 Å². The molecule has 0 aliphatic heterocycles. The second kappa shape index (κ2) is 6.97. The molecule has 0 unspecified atom stereocenters. The maximum absolute atomic E-state index is 12.4. The number of anilines is 1. The van der Waals surface area contributed by atoms with Crippen molar-refractivity contribution in [1.29, 1.82) is 0 Å². The molecule has 0 amide bonds. The first-order valence-electron chi connectivity index (χ1n) is 6.63. The third kappa shape index (κ3) is 4.23. The molecule has 2 heterocycles. The molecule has 0 aromatic carbocycles. The lowest BCUT2D eigenvalue weighted by atomic mass is 10.4. The molecule has 0 spiro atoms. The molecule has 2 aromatic rings. The minimum absolute atomic E-state index is 0.0201. The highest BCUT2D eigenvalue weighted by Gasteiger charge is 2.20. The van der Waals surface area contributed by atoms with Crippen LogP contribution in [0.15, 0.2) is 29.6 Å². The van der Waals surface area contributed by atoms with Crippen LogP contribution in [-0.4, -0.2) is 24.9 Å². The first-order valence-corrected chi connectivity index (χ1v) is 8.92. The molecule has 21 heavy (non-hydrogen) atoms.